The first-order chi connectivity index (χ1) is 9.42. The van der Waals surface area contributed by atoms with Gasteiger partial charge in [0.05, 0.1) is 0 Å². The number of halogens is 3. The minimum Gasteiger partial charge on any atom is -0.406 e. The van der Waals surface area contributed by atoms with Gasteiger partial charge in [0.15, 0.2) is 0 Å². The fourth-order valence-electron chi connectivity index (χ4n) is 2.05. The molecule has 0 fully saturated rings. The molecule has 0 aromatic heterocycles. The Labute approximate surface area is 118 Å². The zero-order valence-corrected chi connectivity index (χ0v) is 11.7. The van der Waals surface area contributed by atoms with Crippen LogP contribution in [0.5, 0.6) is 5.75 Å². The second-order valence-corrected chi connectivity index (χ2v) is 4.93. The smallest absolute Gasteiger partial charge is 0.406 e. The van der Waals surface area contributed by atoms with E-state index in [0.29, 0.717) is 0 Å². The molecule has 1 aromatic rings. The van der Waals surface area contributed by atoms with Crippen molar-refractivity contribution in [3.05, 3.63) is 29.8 Å². The van der Waals surface area contributed by atoms with E-state index >= 15 is 0 Å². The first-order valence-corrected chi connectivity index (χ1v) is 7.03. The second kappa shape index (κ2) is 8.15. The predicted molar refractivity (Wildman–Crippen MR) is 73.4 cm³/mol. The molecule has 0 bridgehead atoms. The first kappa shape index (κ1) is 16.8. The van der Waals surface area contributed by atoms with E-state index < -0.39 is 6.36 Å². The van der Waals surface area contributed by atoms with Gasteiger partial charge in [-0.3, -0.25) is 0 Å². The van der Waals surface area contributed by atoms with Crippen LogP contribution in [0.25, 0.3) is 0 Å². The topological polar surface area (TPSA) is 35.2 Å². The lowest BCUT2D eigenvalue weighted by Crippen LogP contribution is -2.17. The Morgan fingerprint density at radius 2 is 1.65 bits per heavy atom. The van der Waals surface area contributed by atoms with E-state index in [4.69, 9.17) is 5.73 Å². The van der Waals surface area contributed by atoms with Crippen molar-refractivity contribution in [1.29, 1.82) is 0 Å². The number of hydrogen-bond donors (Lipinski definition) is 1. The molecule has 0 aliphatic rings. The highest BCUT2D eigenvalue weighted by Crippen LogP contribution is 2.25. The molecular weight excluding hydrogens is 267 g/mol. The Balaban J connectivity index is 2.39. The van der Waals surface area contributed by atoms with Gasteiger partial charge in [-0.05, 0) is 24.1 Å². The van der Waals surface area contributed by atoms with Gasteiger partial charge in [0.2, 0.25) is 0 Å². The molecule has 114 valence electrons. The standard InChI is InChI=1S/C15H22F3NO/c1-2-3-4-5-6-7-14(19)12-8-10-13(11-9-12)20-15(16,17)18/h8-11,14H,2-7,19H2,1H3. The molecule has 0 spiro atoms. The van der Waals surface area contributed by atoms with Crippen LogP contribution >= 0.6 is 0 Å². The molecule has 0 radical (unpaired) electrons. The lowest BCUT2D eigenvalue weighted by atomic mass is 10.0. The van der Waals surface area contributed by atoms with Crippen LogP contribution in [0.3, 0.4) is 0 Å². The van der Waals surface area contributed by atoms with Gasteiger partial charge in [0.1, 0.15) is 5.75 Å². The van der Waals surface area contributed by atoms with Crippen LogP contribution in [-0.2, 0) is 0 Å². The van der Waals surface area contributed by atoms with E-state index in [1.807, 2.05) is 0 Å². The number of rotatable bonds is 8. The van der Waals surface area contributed by atoms with Crippen LogP contribution in [0.1, 0.15) is 57.1 Å². The number of hydrogen-bond acceptors (Lipinski definition) is 2. The molecule has 2 N–H and O–H groups in total. The fourth-order valence-corrected chi connectivity index (χ4v) is 2.05. The lowest BCUT2D eigenvalue weighted by molar-refractivity contribution is -0.274. The van der Waals surface area contributed by atoms with E-state index in [9.17, 15) is 13.2 Å². The van der Waals surface area contributed by atoms with Crippen molar-refractivity contribution in [3.63, 3.8) is 0 Å². The Morgan fingerprint density at radius 1 is 1.05 bits per heavy atom. The summed E-state index contributed by atoms with van der Waals surface area (Å²) in [7, 11) is 0. The van der Waals surface area contributed by atoms with E-state index in [0.717, 1.165) is 24.8 Å². The second-order valence-electron chi connectivity index (χ2n) is 4.93. The Kier molecular flexibility index (Phi) is 6.85. The lowest BCUT2D eigenvalue weighted by Gasteiger charge is -2.13. The van der Waals surface area contributed by atoms with Crippen LogP contribution in [0, 0.1) is 0 Å². The van der Waals surface area contributed by atoms with Crippen molar-refractivity contribution in [2.75, 3.05) is 0 Å². The summed E-state index contributed by atoms with van der Waals surface area (Å²) in [6.45, 7) is 2.16. The molecule has 0 aliphatic heterocycles. The molecule has 0 aliphatic carbocycles. The predicted octanol–water partition coefficient (Wildman–Crippen LogP) is 4.95. The molecule has 1 aromatic carbocycles. The average molecular weight is 289 g/mol. The largest absolute Gasteiger partial charge is 0.573 e. The average Bonchev–Trinajstić information content (AvgIpc) is 2.37. The van der Waals surface area contributed by atoms with Crippen molar-refractivity contribution in [2.24, 2.45) is 5.73 Å². The monoisotopic (exact) mass is 289 g/mol. The Hall–Kier alpha value is -1.23. The van der Waals surface area contributed by atoms with Crippen molar-refractivity contribution < 1.29 is 17.9 Å². The van der Waals surface area contributed by atoms with Crippen molar-refractivity contribution in [3.8, 4) is 5.75 Å². The van der Waals surface area contributed by atoms with Crippen molar-refractivity contribution in [2.45, 2.75) is 57.9 Å². The zero-order chi connectivity index (χ0) is 15.0. The van der Waals surface area contributed by atoms with Gasteiger partial charge in [-0.25, -0.2) is 0 Å². The Morgan fingerprint density at radius 3 is 2.20 bits per heavy atom. The molecule has 0 heterocycles. The summed E-state index contributed by atoms with van der Waals surface area (Å²) in [5, 5.41) is 0. The maximum Gasteiger partial charge on any atom is 0.573 e. The Bertz CT molecular complexity index is 376. The number of benzene rings is 1. The molecule has 0 saturated heterocycles. The number of unbranched alkanes of at least 4 members (excludes halogenated alkanes) is 4. The highest BCUT2D eigenvalue weighted by molar-refractivity contribution is 5.29. The maximum atomic E-state index is 12.0. The summed E-state index contributed by atoms with van der Waals surface area (Å²) < 4.78 is 39.9. The first-order valence-electron chi connectivity index (χ1n) is 7.03. The van der Waals surface area contributed by atoms with E-state index in [2.05, 4.69) is 11.7 Å². The van der Waals surface area contributed by atoms with Crippen molar-refractivity contribution in [1.82, 2.24) is 0 Å². The molecule has 0 saturated carbocycles. The molecule has 1 unspecified atom stereocenters. The molecular formula is C15H22F3NO. The van der Waals surface area contributed by atoms with E-state index in [1.54, 1.807) is 12.1 Å². The van der Waals surface area contributed by atoms with Gasteiger partial charge in [-0.2, -0.15) is 0 Å². The highest BCUT2D eigenvalue weighted by Gasteiger charge is 2.30. The van der Waals surface area contributed by atoms with Crippen LogP contribution in [0.4, 0.5) is 13.2 Å². The van der Waals surface area contributed by atoms with Gasteiger partial charge in [-0.15, -0.1) is 13.2 Å². The van der Waals surface area contributed by atoms with Crippen LogP contribution in [0.15, 0.2) is 24.3 Å². The third-order valence-corrected chi connectivity index (χ3v) is 3.16. The minimum absolute atomic E-state index is 0.128. The van der Waals surface area contributed by atoms with Gasteiger partial charge < -0.3 is 10.5 Å². The minimum atomic E-state index is -4.65. The number of ether oxygens (including phenoxy) is 1. The third-order valence-electron chi connectivity index (χ3n) is 3.16. The summed E-state index contributed by atoms with van der Waals surface area (Å²) in [6.07, 6.45) is 2.04. The van der Waals surface area contributed by atoms with Crippen LogP contribution in [0.2, 0.25) is 0 Å². The van der Waals surface area contributed by atoms with Gasteiger partial charge >= 0.3 is 6.36 Å². The van der Waals surface area contributed by atoms with Gasteiger partial charge in [0, 0.05) is 6.04 Å². The molecule has 20 heavy (non-hydrogen) atoms. The quantitative estimate of drug-likeness (QED) is 0.687. The summed E-state index contributed by atoms with van der Waals surface area (Å²) >= 11 is 0. The van der Waals surface area contributed by atoms with Gasteiger partial charge in [-0.1, -0.05) is 51.2 Å². The zero-order valence-electron chi connectivity index (χ0n) is 11.7. The third kappa shape index (κ3) is 6.80. The molecule has 5 heteroatoms. The normalized spacial score (nSPS) is 13.2. The number of nitrogens with two attached hydrogens (primary N) is 1. The fraction of sp³-hybridized carbons (Fsp3) is 0.600. The van der Waals surface area contributed by atoms with Crippen LogP contribution in [-0.4, -0.2) is 6.36 Å². The van der Waals surface area contributed by atoms with Crippen LogP contribution < -0.4 is 10.5 Å². The molecule has 2 nitrogen and oxygen atoms in total. The summed E-state index contributed by atoms with van der Waals surface area (Å²) in [5.74, 6) is -0.212. The summed E-state index contributed by atoms with van der Waals surface area (Å²) in [4.78, 5) is 0. The maximum absolute atomic E-state index is 12.0. The van der Waals surface area contributed by atoms with Crippen molar-refractivity contribution >= 4 is 0 Å². The summed E-state index contributed by atoms with van der Waals surface area (Å²) in [6, 6.07) is 5.67. The summed E-state index contributed by atoms with van der Waals surface area (Å²) in [5.41, 5.74) is 6.87. The van der Waals surface area contributed by atoms with E-state index in [1.165, 1.54) is 31.4 Å². The number of alkyl halides is 3. The molecule has 0 amide bonds. The molecule has 1 atom stereocenters. The van der Waals surface area contributed by atoms with Gasteiger partial charge in [0.25, 0.3) is 0 Å². The molecule has 1 rings (SSSR count). The highest BCUT2D eigenvalue weighted by atomic mass is 19.4. The SMILES string of the molecule is CCCCCCCC(N)c1ccc(OC(F)(F)F)cc1. The van der Waals surface area contributed by atoms with E-state index in [-0.39, 0.29) is 11.8 Å².